The Bertz CT molecular complexity index is 861. The number of anilines is 3. The van der Waals surface area contributed by atoms with Crippen molar-refractivity contribution in [3.8, 4) is 0 Å². The van der Waals surface area contributed by atoms with Crippen LogP contribution < -0.4 is 15.5 Å². The second-order valence-corrected chi connectivity index (χ2v) is 6.09. The van der Waals surface area contributed by atoms with E-state index in [0.29, 0.717) is 5.88 Å². The summed E-state index contributed by atoms with van der Waals surface area (Å²) in [6, 6.07) is 19.9. The molecule has 0 radical (unpaired) electrons. The van der Waals surface area contributed by atoms with Gasteiger partial charge in [-0.1, -0.05) is 47.6 Å². The largest absolute Gasteiger partial charge is 0.374 e. The Labute approximate surface area is 152 Å². The van der Waals surface area contributed by atoms with Crippen molar-refractivity contribution >= 4 is 23.2 Å². The van der Waals surface area contributed by atoms with E-state index in [1.165, 1.54) is 5.56 Å². The normalized spacial score (nSPS) is 10.4. The number of hydrogen-bond acceptors (Lipinski definition) is 5. The van der Waals surface area contributed by atoms with Crippen LogP contribution in [0.5, 0.6) is 0 Å². The minimum absolute atomic E-state index is 0.135. The maximum Gasteiger partial charge on any atom is 0.246 e. The van der Waals surface area contributed by atoms with Crippen LogP contribution in [0.2, 0.25) is 0 Å². The highest BCUT2D eigenvalue weighted by Crippen LogP contribution is 2.25. The molecule has 3 rings (SSSR count). The Morgan fingerprint density at radius 3 is 2.58 bits per heavy atom. The molecule has 0 bridgehead atoms. The lowest BCUT2D eigenvalue weighted by Gasteiger charge is -2.23. The Hall–Kier alpha value is -3.28. The van der Waals surface area contributed by atoms with Crippen LogP contribution in [0.15, 0.2) is 65.2 Å². The van der Waals surface area contributed by atoms with Gasteiger partial charge in [0, 0.05) is 19.7 Å². The summed E-state index contributed by atoms with van der Waals surface area (Å²) in [7, 11) is 2.03. The van der Waals surface area contributed by atoms with E-state index in [4.69, 9.17) is 4.52 Å². The number of amides is 1. The van der Waals surface area contributed by atoms with E-state index in [-0.39, 0.29) is 12.5 Å². The first-order chi connectivity index (χ1) is 12.6. The summed E-state index contributed by atoms with van der Waals surface area (Å²) in [5.74, 6) is 0.158. The summed E-state index contributed by atoms with van der Waals surface area (Å²) in [5, 5.41) is 9.62. The van der Waals surface area contributed by atoms with E-state index in [9.17, 15) is 4.79 Å². The van der Waals surface area contributed by atoms with Crippen LogP contribution in [-0.4, -0.2) is 24.7 Å². The van der Waals surface area contributed by atoms with Gasteiger partial charge in [0.2, 0.25) is 11.8 Å². The molecule has 0 unspecified atom stereocenters. The fourth-order valence-electron chi connectivity index (χ4n) is 2.68. The number of carbonyl (C=O) groups excluding carboxylic acids is 1. The van der Waals surface area contributed by atoms with E-state index in [2.05, 4.69) is 32.8 Å². The van der Waals surface area contributed by atoms with Crippen LogP contribution in [0.1, 0.15) is 11.3 Å². The lowest BCUT2D eigenvalue weighted by atomic mass is 10.2. The molecule has 0 fully saturated rings. The van der Waals surface area contributed by atoms with Gasteiger partial charge in [-0.25, -0.2) is 0 Å². The first-order valence-corrected chi connectivity index (χ1v) is 8.43. The standard InChI is InChI=1S/C20H22N4O2/c1-15-12-20(26-23-15)22-19(25)13-21-17-10-6-7-11-18(17)24(2)14-16-8-4-3-5-9-16/h3-12,21H,13-14H2,1-2H3,(H,22,25). The van der Waals surface area contributed by atoms with Crippen molar-refractivity contribution in [3.63, 3.8) is 0 Å². The molecular formula is C20H22N4O2. The molecule has 6 nitrogen and oxygen atoms in total. The van der Waals surface area contributed by atoms with Gasteiger partial charge < -0.3 is 14.7 Å². The number of para-hydroxylation sites is 2. The number of nitrogens with zero attached hydrogens (tertiary/aromatic N) is 2. The second kappa shape index (κ2) is 8.20. The topological polar surface area (TPSA) is 70.4 Å². The lowest BCUT2D eigenvalue weighted by Crippen LogP contribution is -2.23. The number of benzene rings is 2. The molecule has 0 saturated carbocycles. The molecule has 2 N–H and O–H groups in total. The summed E-state index contributed by atoms with van der Waals surface area (Å²) in [6.45, 7) is 2.72. The van der Waals surface area contributed by atoms with E-state index in [0.717, 1.165) is 23.6 Å². The zero-order chi connectivity index (χ0) is 18.4. The van der Waals surface area contributed by atoms with Crippen LogP contribution in [0, 0.1) is 6.92 Å². The lowest BCUT2D eigenvalue weighted by molar-refractivity contribution is -0.114. The summed E-state index contributed by atoms with van der Waals surface area (Å²) in [4.78, 5) is 14.2. The third kappa shape index (κ3) is 4.63. The molecule has 26 heavy (non-hydrogen) atoms. The first kappa shape index (κ1) is 17.5. The van der Waals surface area contributed by atoms with Crippen LogP contribution in [0.25, 0.3) is 0 Å². The van der Waals surface area contributed by atoms with Crippen molar-refractivity contribution in [1.29, 1.82) is 0 Å². The Kier molecular flexibility index (Phi) is 5.53. The van der Waals surface area contributed by atoms with E-state index >= 15 is 0 Å². The maximum absolute atomic E-state index is 12.1. The molecule has 0 spiro atoms. The zero-order valence-corrected chi connectivity index (χ0v) is 14.9. The summed E-state index contributed by atoms with van der Waals surface area (Å²) < 4.78 is 5.00. The third-order valence-corrected chi connectivity index (χ3v) is 3.91. The van der Waals surface area contributed by atoms with Gasteiger partial charge in [0.05, 0.1) is 23.6 Å². The molecule has 0 aliphatic carbocycles. The number of hydrogen-bond donors (Lipinski definition) is 2. The van der Waals surface area contributed by atoms with Gasteiger partial charge in [0.15, 0.2) is 0 Å². The highest BCUT2D eigenvalue weighted by Gasteiger charge is 2.10. The fourth-order valence-corrected chi connectivity index (χ4v) is 2.68. The number of carbonyl (C=O) groups is 1. The van der Waals surface area contributed by atoms with Crippen LogP contribution in [0.4, 0.5) is 17.3 Å². The monoisotopic (exact) mass is 350 g/mol. The van der Waals surface area contributed by atoms with Gasteiger partial charge in [-0.3, -0.25) is 10.1 Å². The third-order valence-electron chi connectivity index (χ3n) is 3.91. The van der Waals surface area contributed by atoms with Gasteiger partial charge >= 0.3 is 0 Å². The highest BCUT2D eigenvalue weighted by molar-refractivity contribution is 5.93. The smallest absolute Gasteiger partial charge is 0.246 e. The molecule has 0 aliphatic rings. The van der Waals surface area contributed by atoms with Gasteiger partial charge in [0.25, 0.3) is 0 Å². The summed E-state index contributed by atoms with van der Waals surface area (Å²) >= 11 is 0. The molecule has 0 saturated heterocycles. The average molecular weight is 350 g/mol. The molecule has 0 aliphatic heterocycles. The minimum Gasteiger partial charge on any atom is -0.374 e. The molecule has 0 atom stereocenters. The predicted octanol–water partition coefficient (Wildman–Crippen LogP) is 3.67. The quantitative estimate of drug-likeness (QED) is 0.680. The van der Waals surface area contributed by atoms with Gasteiger partial charge in [-0.05, 0) is 24.6 Å². The number of nitrogens with one attached hydrogen (secondary N) is 2. The SMILES string of the molecule is Cc1cc(NC(=O)CNc2ccccc2N(C)Cc2ccccc2)on1. The van der Waals surface area contributed by atoms with Gasteiger partial charge in [0.1, 0.15) is 0 Å². The molecule has 6 heteroatoms. The van der Waals surface area contributed by atoms with Gasteiger partial charge in [-0.15, -0.1) is 0 Å². The van der Waals surface area contributed by atoms with Crippen LogP contribution >= 0.6 is 0 Å². The van der Waals surface area contributed by atoms with Crippen LogP contribution in [-0.2, 0) is 11.3 Å². The van der Waals surface area contributed by atoms with E-state index in [1.807, 2.05) is 49.5 Å². The number of aromatic nitrogens is 1. The Balaban J connectivity index is 1.62. The van der Waals surface area contributed by atoms with Crippen LogP contribution in [0.3, 0.4) is 0 Å². The Morgan fingerprint density at radius 2 is 1.85 bits per heavy atom. The first-order valence-electron chi connectivity index (χ1n) is 8.43. The highest BCUT2D eigenvalue weighted by atomic mass is 16.5. The van der Waals surface area contributed by atoms with E-state index in [1.54, 1.807) is 13.0 Å². The Morgan fingerprint density at radius 1 is 1.12 bits per heavy atom. The molecule has 1 amide bonds. The van der Waals surface area contributed by atoms with Crippen molar-refractivity contribution < 1.29 is 9.32 Å². The number of rotatable bonds is 7. The molecule has 134 valence electrons. The van der Waals surface area contributed by atoms with Crippen molar-refractivity contribution in [2.75, 3.05) is 29.1 Å². The predicted molar refractivity (Wildman–Crippen MR) is 103 cm³/mol. The van der Waals surface area contributed by atoms with Crippen molar-refractivity contribution in [2.45, 2.75) is 13.5 Å². The van der Waals surface area contributed by atoms with Crippen molar-refractivity contribution in [2.24, 2.45) is 0 Å². The summed E-state index contributed by atoms with van der Waals surface area (Å²) in [6.07, 6.45) is 0. The minimum atomic E-state index is -0.193. The zero-order valence-electron chi connectivity index (χ0n) is 14.9. The second-order valence-electron chi connectivity index (χ2n) is 6.09. The maximum atomic E-state index is 12.1. The number of aryl methyl sites for hydroxylation is 1. The average Bonchev–Trinajstić information content (AvgIpc) is 3.05. The van der Waals surface area contributed by atoms with E-state index < -0.39 is 0 Å². The molecule has 1 aromatic heterocycles. The van der Waals surface area contributed by atoms with Crippen molar-refractivity contribution in [3.05, 3.63) is 71.9 Å². The van der Waals surface area contributed by atoms with Gasteiger partial charge in [-0.2, -0.15) is 0 Å². The molecule has 3 aromatic rings. The van der Waals surface area contributed by atoms with Crippen molar-refractivity contribution in [1.82, 2.24) is 5.16 Å². The fraction of sp³-hybridized carbons (Fsp3) is 0.200. The molecule has 2 aromatic carbocycles. The molecular weight excluding hydrogens is 328 g/mol. The summed E-state index contributed by atoms with van der Waals surface area (Å²) in [5.41, 5.74) is 3.87. The molecule has 1 heterocycles.